The summed E-state index contributed by atoms with van der Waals surface area (Å²) in [7, 11) is 0. The monoisotopic (exact) mass is 202 g/mol. The van der Waals surface area contributed by atoms with Crippen LogP contribution in [0, 0.1) is 6.92 Å². The Labute approximate surface area is 89.1 Å². The average Bonchev–Trinajstić information content (AvgIpc) is 2.71. The van der Waals surface area contributed by atoms with Gasteiger partial charge in [-0.25, -0.2) is 0 Å². The number of hydrogen-bond acceptors (Lipinski definition) is 3. The third kappa shape index (κ3) is 2.92. The van der Waals surface area contributed by atoms with E-state index in [4.69, 9.17) is 4.52 Å². The molecule has 3 nitrogen and oxygen atoms in total. The quantitative estimate of drug-likeness (QED) is 0.826. The highest BCUT2D eigenvalue weighted by Gasteiger charge is 1.96. The van der Waals surface area contributed by atoms with Gasteiger partial charge in [-0.3, -0.25) is 0 Å². The SMILES string of the molecule is Cc1cccc(CNCc2ccon2)c1. The van der Waals surface area contributed by atoms with E-state index in [9.17, 15) is 0 Å². The number of nitrogens with one attached hydrogen (secondary N) is 1. The summed E-state index contributed by atoms with van der Waals surface area (Å²) in [6, 6.07) is 10.3. The van der Waals surface area contributed by atoms with Gasteiger partial charge in [-0.2, -0.15) is 0 Å². The van der Waals surface area contributed by atoms with E-state index < -0.39 is 0 Å². The molecule has 1 aromatic carbocycles. The molecule has 15 heavy (non-hydrogen) atoms. The Morgan fingerprint density at radius 2 is 2.20 bits per heavy atom. The van der Waals surface area contributed by atoms with Gasteiger partial charge in [0.25, 0.3) is 0 Å². The lowest BCUT2D eigenvalue weighted by Gasteiger charge is -2.03. The zero-order chi connectivity index (χ0) is 10.5. The van der Waals surface area contributed by atoms with E-state index in [0.29, 0.717) is 0 Å². The number of hydrogen-bond donors (Lipinski definition) is 1. The van der Waals surface area contributed by atoms with Crippen LogP contribution < -0.4 is 5.32 Å². The number of aryl methyl sites for hydroxylation is 1. The van der Waals surface area contributed by atoms with Crippen LogP contribution in [-0.2, 0) is 13.1 Å². The van der Waals surface area contributed by atoms with Crippen LogP contribution in [0.15, 0.2) is 41.1 Å². The fraction of sp³-hybridized carbons (Fsp3) is 0.250. The lowest BCUT2D eigenvalue weighted by atomic mass is 10.1. The average molecular weight is 202 g/mol. The van der Waals surface area contributed by atoms with Crippen molar-refractivity contribution in [3.63, 3.8) is 0 Å². The maximum Gasteiger partial charge on any atom is 0.124 e. The molecular weight excluding hydrogens is 188 g/mol. The Balaban J connectivity index is 1.83. The van der Waals surface area contributed by atoms with Crippen molar-refractivity contribution < 1.29 is 4.52 Å². The first-order valence-electron chi connectivity index (χ1n) is 5.00. The number of rotatable bonds is 4. The fourth-order valence-corrected chi connectivity index (χ4v) is 1.49. The fourth-order valence-electron chi connectivity index (χ4n) is 1.49. The highest BCUT2D eigenvalue weighted by molar-refractivity contribution is 5.21. The zero-order valence-electron chi connectivity index (χ0n) is 8.73. The van der Waals surface area contributed by atoms with Gasteiger partial charge in [0.15, 0.2) is 0 Å². The van der Waals surface area contributed by atoms with Crippen LogP contribution in [0.5, 0.6) is 0 Å². The molecule has 1 heterocycles. The van der Waals surface area contributed by atoms with Gasteiger partial charge in [-0.15, -0.1) is 0 Å². The summed E-state index contributed by atoms with van der Waals surface area (Å²) in [5, 5.41) is 7.14. The molecule has 0 saturated carbocycles. The first-order chi connectivity index (χ1) is 7.34. The largest absolute Gasteiger partial charge is 0.364 e. The van der Waals surface area contributed by atoms with Crippen LogP contribution in [0.2, 0.25) is 0 Å². The van der Waals surface area contributed by atoms with Gasteiger partial charge in [0.05, 0.1) is 5.69 Å². The summed E-state index contributed by atoms with van der Waals surface area (Å²) in [5.41, 5.74) is 3.51. The molecule has 0 saturated heterocycles. The minimum atomic E-state index is 0.741. The van der Waals surface area contributed by atoms with Crippen molar-refractivity contribution in [2.45, 2.75) is 20.0 Å². The van der Waals surface area contributed by atoms with E-state index in [-0.39, 0.29) is 0 Å². The maximum absolute atomic E-state index is 4.75. The minimum Gasteiger partial charge on any atom is -0.364 e. The maximum atomic E-state index is 4.75. The third-order valence-electron chi connectivity index (χ3n) is 2.21. The third-order valence-corrected chi connectivity index (χ3v) is 2.21. The predicted molar refractivity (Wildman–Crippen MR) is 58.2 cm³/mol. The second-order valence-electron chi connectivity index (χ2n) is 3.58. The number of benzene rings is 1. The predicted octanol–water partition coefficient (Wildman–Crippen LogP) is 2.27. The molecule has 0 atom stereocenters. The van der Waals surface area contributed by atoms with Gasteiger partial charge in [-0.1, -0.05) is 35.0 Å². The van der Waals surface area contributed by atoms with E-state index in [1.807, 2.05) is 6.07 Å². The summed E-state index contributed by atoms with van der Waals surface area (Å²) in [6.07, 6.45) is 1.59. The molecule has 1 aromatic heterocycles. The first-order valence-corrected chi connectivity index (χ1v) is 5.00. The molecule has 3 heteroatoms. The normalized spacial score (nSPS) is 10.5. The van der Waals surface area contributed by atoms with E-state index in [1.165, 1.54) is 11.1 Å². The Hall–Kier alpha value is -1.61. The molecular formula is C12H14N2O. The Morgan fingerprint density at radius 3 is 2.93 bits per heavy atom. The summed E-state index contributed by atoms with van der Waals surface area (Å²) in [5.74, 6) is 0. The van der Waals surface area contributed by atoms with Gasteiger partial charge >= 0.3 is 0 Å². The Bertz CT molecular complexity index is 409. The van der Waals surface area contributed by atoms with Crippen molar-refractivity contribution in [2.75, 3.05) is 0 Å². The minimum absolute atomic E-state index is 0.741. The van der Waals surface area contributed by atoms with Crippen LogP contribution in [0.1, 0.15) is 16.8 Å². The van der Waals surface area contributed by atoms with E-state index >= 15 is 0 Å². The molecule has 78 valence electrons. The van der Waals surface area contributed by atoms with Crippen molar-refractivity contribution >= 4 is 0 Å². The molecule has 0 amide bonds. The molecule has 0 spiro atoms. The van der Waals surface area contributed by atoms with Crippen molar-refractivity contribution in [2.24, 2.45) is 0 Å². The molecule has 2 rings (SSSR count). The van der Waals surface area contributed by atoms with Crippen LogP contribution in [0.25, 0.3) is 0 Å². The topological polar surface area (TPSA) is 38.1 Å². The molecule has 1 N–H and O–H groups in total. The standard InChI is InChI=1S/C12H14N2O/c1-10-3-2-4-11(7-10)8-13-9-12-5-6-15-14-12/h2-7,13H,8-9H2,1H3. The Kier molecular flexibility index (Phi) is 3.15. The number of nitrogens with zero attached hydrogens (tertiary/aromatic N) is 1. The van der Waals surface area contributed by atoms with Gasteiger partial charge < -0.3 is 9.84 Å². The van der Waals surface area contributed by atoms with E-state index in [2.05, 4.69) is 41.7 Å². The molecule has 0 radical (unpaired) electrons. The molecule has 2 aromatic rings. The lowest BCUT2D eigenvalue weighted by Crippen LogP contribution is -2.12. The van der Waals surface area contributed by atoms with Crippen LogP contribution >= 0.6 is 0 Å². The smallest absolute Gasteiger partial charge is 0.124 e. The molecule has 0 bridgehead atoms. The highest BCUT2D eigenvalue weighted by Crippen LogP contribution is 2.03. The van der Waals surface area contributed by atoms with E-state index in [1.54, 1.807) is 6.26 Å². The van der Waals surface area contributed by atoms with Crippen molar-refractivity contribution in [3.05, 3.63) is 53.4 Å². The van der Waals surface area contributed by atoms with Crippen LogP contribution in [0.3, 0.4) is 0 Å². The summed E-state index contributed by atoms with van der Waals surface area (Å²) in [6.45, 7) is 3.69. The second-order valence-corrected chi connectivity index (χ2v) is 3.58. The van der Waals surface area contributed by atoms with Crippen LogP contribution in [-0.4, -0.2) is 5.16 Å². The molecule has 0 fully saturated rings. The summed E-state index contributed by atoms with van der Waals surface area (Å²) < 4.78 is 4.75. The molecule has 0 aliphatic heterocycles. The van der Waals surface area contributed by atoms with Crippen molar-refractivity contribution in [3.8, 4) is 0 Å². The van der Waals surface area contributed by atoms with Gasteiger partial charge in [0.2, 0.25) is 0 Å². The molecule has 0 aliphatic rings. The van der Waals surface area contributed by atoms with Gasteiger partial charge in [-0.05, 0) is 12.5 Å². The molecule has 0 unspecified atom stereocenters. The Morgan fingerprint density at radius 1 is 1.27 bits per heavy atom. The summed E-state index contributed by atoms with van der Waals surface area (Å²) in [4.78, 5) is 0. The van der Waals surface area contributed by atoms with Crippen molar-refractivity contribution in [1.29, 1.82) is 0 Å². The van der Waals surface area contributed by atoms with Crippen molar-refractivity contribution in [1.82, 2.24) is 10.5 Å². The first kappa shape index (κ1) is 9.93. The molecule has 0 aliphatic carbocycles. The van der Waals surface area contributed by atoms with Crippen LogP contribution in [0.4, 0.5) is 0 Å². The summed E-state index contributed by atoms with van der Waals surface area (Å²) >= 11 is 0. The lowest BCUT2D eigenvalue weighted by molar-refractivity contribution is 0.408. The van der Waals surface area contributed by atoms with Gasteiger partial charge in [0, 0.05) is 19.2 Å². The second kappa shape index (κ2) is 4.75. The van der Waals surface area contributed by atoms with E-state index in [0.717, 1.165) is 18.8 Å². The highest BCUT2D eigenvalue weighted by atomic mass is 16.5. The van der Waals surface area contributed by atoms with Gasteiger partial charge in [0.1, 0.15) is 6.26 Å². The zero-order valence-corrected chi connectivity index (χ0v) is 8.73. The number of aromatic nitrogens is 1.